The van der Waals surface area contributed by atoms with Crippen LogP contribution in [0.3, 0.4) is 0 Å². The maximum absolute atomic E-state index is 12.8. The summed E-state index contributed by atoms with van der Waals surface area (Å²) in [6.45, 7) is 3.54. The summed E-state index contributed by atoms with van der Waals surface area (Å²) < 4.78 is 32.7. The minimum absolute atomic E-state index is 0.0507. The molecular weight excluding hydrogens is 593 g/mol. The SMILES string of the molecule is O=C(NCCN1CCC2(CC1)C(=O)NCN2c1cccc(Br)c1)c1ccc2ccccc2c1.O=C(O)C(F)(F)F. The smallest absolute Gasteiger partial charge is 0.475 e. The first-order valence-electron chi connectivity index (χ1n) is 12.6. The number of nitrogens with one attached hydrogen (secondary N) is 2. The summed E-state index contributed by atoms with van der Waals surface area (Å²) in [4.78, 5) is 38.9. The van der Waals surface area contributed by atoms with Crippen molar-refractivity contribution in [2.45, 2.75) is 24.6 Å². The number of hydrogen-bond acceptors (Lipinski definition) is 5. The second kappa shape index (κ2) is 12.3. The Morgan fingerprint density at radius 2 is 1.68 bits per heavy atom. The molecule has 0 radical (unpaired) electrons. The van der Waals surface area contributed by atoms with E-state index in [1.54, 1.807) is 0 Å². The van der Waals surface area contributed by atoms with Crippen LogP contribution in [0.2, 0.25) is 0 Å². The summed E-state index contributed by atoms with van der Waals surface area (Å²) in [7, 11) is 0. The largest absolute Gasteiger partial charge is 0.490 e. The summed E-state index contributed by atoms with van der Waals surface area (Å²) in [6.07, 6.45) is -3.55. The molecule has 1 spiro atoms. The second-order valence-corrected chi connectivity index (χ2v) is 10.5. The Labute approximate surface area is 237 Å². The molecule has 2 aliphatic rings. The van der Waals surface area contributed by atoms with Crippen LogP contribution in [0.25, 0.3) is 10.8 Å². The average Bonchev–Trinajstić information content (AvgIpc) is 3.24. The number of alkyl halides is 3. The Kier molecular flexibility index (Phi) is 8.99. The van der Waals surface area contributed by atoms with Gasteiger partial charge in [0.1, 0.15) is 5.54 Å². The van der Waals surface area contributed by atoms with Gasteiger partial charge in [0.15, 0.2) is 0 Å². The quantitative estimate of drug-likeness (QED) is 0.391. The third kappa shape index (κ3) is 6.73. The highest BCUT2D eigenvalue weighted by Crippen LogP contribution is 2.37. The number of piperidine rings is 1. The number of halogens is 4. The number of hydrogen-bond donors (Lipinski definition) is 3. The number of likely N-dealkylation sites (tertiary alicyclic amines) is 1. The zero-order valence-corrected chi connectivity index (χ0v) is 23.0. The van der Waals surface area contributed by atoms with E-state index in [-0.39, 0.29) is 11.8 Å². The van der Waals surface area contributed by atoms with E-state index in [0.29, 0.717) is 18.8 Å². The number of nitrogens with zero attached hydrogens (tertiary/aromatic N) is 2. The van der Waals surface area contributed by atoms with Crippen LogP contribution in [0.1, 0.15) is 23.2 Å². The lowest BCUT2D eigenvalue weighted by molar-refractivity contribution is -0.192. The third-order valence-corrected chi connectivity index (χ3v) is 7.60. The molecule has 2 aliphatic heterocycles. The van der Waals surface area contributed by atoms with E-state index in [1.165, 1.54) is 0 Å². The Morgan fingerprint density at radius 3 is 2.33 bits per heavy atom. The predicted octanol–water partition coefficient (Wildman–Crippen LogP) is 4.39. The van der Waals surface area contributed by atoms with Gasteiger partial charge in [-0.1, -0.05) is 52.3 Å². The maximum atomic E-state index is 12.8. The van der Waals surface area contributed by atoms with Crippen molar-refractivity contribution >= 4 is 50.2 Å². The van der Waals surface area contributed by atoms with Crippen molar-refractivity contribution in [3.63, 3.8) is 0 Å². The molecule has 0 aromatic heterocycles. The lowest BCUT2D eigenvalue weighted by Gasteiger charge is -2.43. The van der Waals surface area contributed by atoms with Gasteiger partial charge in [0, 0.05) is 41.9 Å². The number of amides is 2. The highest BCUT2D eigenvalue weighted by molar-refractivity contribution is 9.10. The molecule has 2 amide bonds. The lowest BCUT2D eigenvalue weighted by Crippen LogP contribution is -2.57. The lowest BCUT2D eigenvalue weighted by atomic mass is 9.85. The van der Waals surface area contributed by atoms with Gasteiger partial charge in [0.2, 0.25) is 5.91 Å². The number of aliphatic carboxylic acids is 1. The van der Waals surface area contributed by atoms with E-state index in [2.05, 4.69) is 48.5 Å². The monoisotopic (exact) mass is 620 g/mol. The van der Waals surface area contributed by atoms with Crippen LogP contribution >= 0.6 is 15.9 Å². The van der Waals surface area contributed by atoms with Crippen LogP contribution in [0, 0.1) is 0 Å². The van der Waals surface area contributed by atoms with Crippen molar-refractivity contribution in [2.24, 2.45) is 0 Å². The topological polar surface area (TPSA) is 102 Å². The molecule has 3 N–H and O–H groups in total. The van der Waals surface area contributed by atoms with Gasteiger partial charge >= 0.3 is 12.1 Å². The molecule has 2 fully saturated rings. The Hall–Kier alpha value is -3.64. The third-order valence-electron chi connectivity index (χ3n) is 7.11. The highest BCUT2D eigenvalue weighted by Gasteiger charge is 2.50. The predicted molar refractivity (Wildman–Crippen MR) is 148 cm³/mol. The van der Waals surface area contributed by atoms with Crippen molar-refractivity contribution in [1.82, 2.24) is 15.5 Å². The molecule has 2 heterocycles. The van der Waals surface area contributed by atoms with Gasteiger partial charge in [-0.05, 0) is 53.9 Å². The minimum Gasteiger partial charge on any atom is -0.475 e. The molecule has 0 atom stereocenters. The van der Waals surface area contributed by atoms with Gasteiger partial charge in [-0.3, -0.25) is 9.59 Å². The van der Waals surface area contributed by atoms with E-state index < -0.39 is 17.7 Å². The van der Waals surface area contributed by atoms with Gasteiger partial charge in [0.05, 0.1) is 6.67 Å². The highest BCUT2D eigenvalue weighted by atomic mass is 79.9. The van der Waals surface area contributed by atoms with Gasteiger partial charge in [-0.15, -0.1) is 0 Å². The maximum Gasteiger partial charge on any atom is 0.490 e. The van der Waals surface area contributed by atoms with Crippen LogP contribution in [-0.4, -0.2) is 72.4 Å². The zero-order valence-electron chi connectivity index (χ0n) is 21.4. The van der Waals surface area contributed by atoms with Crippen molar-refractivity contribution in [2.75, 3.05) is 37.7 Å². The molecular formula is C28H28BrF3N4O4. The van der Waals surface area contributed by atoms with E-state index in [9.17, 15) is 22.8 Å². The molecule has 3 aromatic rings. The molecule has 40 heavy (non-hydrogen) atoms. The Bertz CT molecular complexity index is 1390. The molecule has 212 valence electrons. The molecule has 0 unspecified atom stereocenters. The number of carbonyl (C=O) groups is 3. The van der Waals surface area contributed by atoms with Crippen LogP contribution in [0.15, 0.2) is 71.2 Å². The number of carboxylic acid groups (broad SMARTS) is 1. The zero-order chi connectivity index (χ0) is 28.9. The summed E-state index contributed by atoms with van der Waals surface area (Å²) in [5, 5.41) is 15.4. The summed E-state index contributed by atoms with van der Waals surface area (Å²) in [5.74, 6) is -2.69. The molecule has 0 saturated carbocycles. The normalized spacial score (nSPS) is 16.8. The van der Waals surface area contributed by atoms with E-state index in [0.717, 1.165) is 53.4 Å². The fraction of sp³-hybridized carbons (Fsp3) is 0.321. The standard InChI is InChI=1S/C26H27BrN4O2.C2HF3O2/c27-22-6-3-7-23(17-22)31-18-29-25(33)26(31)10-13-30(14-11-26)15-12-28-24(32)21-9-8-19-4-1-2-5-20(19)16-21;3-2(4,5)1(6)7/h1-9,16-17H,10-15,18H2,(H,28,32)(H,29,33);(H,6,7). The number of carboxylic acids is 1. The fourth-order valence-corrected chi connectivity index (χ4v) is 5.36. The van der Waals surface area contributed by atoms with Crippen LogP contribution in [-0.2, 0) is 9.59 Å². The average molecular weight is 621 g/mol. The first kappa shape index (κ1) is 29.3. The van der Waals surface area contributed by atoms with Crippen molar-refractivity contribution in [3.8, 4) is 0 Å². The van der Waals surface area contributed by atoms with Gasteiger partial charge in [-0.25, -0.2) is 4.79 Å². The molecule has 0 aliphatic carbocycles. The van der Waals surface area contributed by atoms with Gasteiger partial charge < -0.3 is 25.5 Å². The summed E-state index contributed by atoms with van der Waals surface area (Å²) in [6, 6.07) is 22.0. The first-order valence-corrected chi connectivity index (χ1v) is 13.4. The number of carbonyl (C=O) groups excluding carboxylic acids is 2. The van der Waals surface area contributed by atoms with Crippen molar-refractivity contribution < 1.29 is 32.7 Å². The van der Waals surface area contributed by atoms with E-state index >= 15 is 0 Å². The van der Waals surface area contributed by atoms with Crippen LogP contribution < -0.4 is 15.5 Å². The van der Waals surface area contributed by atoms with Gasteiger partial charge in [-0.2, -0.15) is 13.2 Å². The fourth-order valence-electron chi connectivity index (χ4n) is 4.98. The Balaban J connectivity index is 0.000000470. The van der Waals surface area contributed by atoms with Gasteiger partial charge in [0.25, 0.3) is 5.91 Å². The number of benzene rings is 3. The molecule has 5 rings (SSSR count). The second-order valence-electron chi connectivity index (χ2n) is 9.57. The molecule has 12 heteroatoms. The number of rotatable bonds is 5. The number of anilines is 1. The summed E-state index contributed by atoms with van der Waals surface area (Å²) in [5.41, 5.74) is 1.24. The van der Waals surface area contributed by atoms with Crippen LogP contribution in [0.5, 0.6) is 0 Å². The molecule has 0 bridgehead atoms. The van der Waals surface area contributed by atoms with E-state index in [1.807, 2.05) is 54.6 Å². The Morgan fingerprint density at radius 1 is 1.00 bits per heavy atom. The number of fused-ring (bicyclic) bond motifs is 1. The van der Waals surface area contributed by atoms with Crippen molar-refractivity contribution in [3.05, 3.63) is 76.8 Å². The molecule has 2 saturated heterocycles. The molecule has 3 aromatic carbocycles. The first-order chi connectivity index (χ1) is 19.0. The van der Waals surface area contributed by atoms with Crippen LogP contribution in [0.4, 0.5) is 18.9 Å². The van der Waals surface area contributed by atoms with E-state index in [4.69, 9.17) is 9.90 Å². The minimum atomic E-state index is -5.08. The van der Waals surface area contributed by atoms with Crippen molar-refractivity contribution in [1.29, 1.82) is 0 Å². The summed E-state index contributed by atoms with van der Waals surface area (Å²) >= 11 is 3.54. The molecule has 8 nitrogen and oxygen atoms in total.